The number of para-hydroxylation sites is 1. The molecule has 0 spiro atoms. The molecule has 3 nitrogen and oxygen atoms in total. The average molecular weight is 284 g/mol. The van der Waals surface area contributed by atoms with Gasteiger partial charge in [-0.15, -0.1) is 0 Å². The molecule has 0 atom stereocenters. The lowest BCUT2D eigenvalue weighted by Gasteiger charge is -2.10. The van der Waals surface area contributed by atoms with Gasteiger partial charge in [0.2, 0.25) is 5.95 Å². The number of aryl methyl sites for hydroxylation is 1. The molecule has 0 radical (unpaired) electrons. The number of aromatic nitrogens is 2. The Balaban J connectivity index is 2.34. The van der Waals surface area contributed by atoms with Gasteiger partial charge in [0.25, 0.3) is 0 Å². The van der Waals surface area contributed by atoms with Crippen molar-refractivity contribution in [3.05, 3.63) is 40.9 Å². The lowest BCUT2D eigenvalue weighted by Crippen LogP contribution is -2.03. The van der Waals surface area contributed by atoms with E-state index in [1.807, 2.05) is 17.7 Å². The van der Waals surface area contributed by atoms with Crippen LogP contribution in [0, 0.1) is 5.82 Å². The Labute approximate surface area is 101 Å². The standard InChI is InChI=1S/C11H11BrFN3/c1-2-16-7-6-14-11(16)15-10-8(12)4-3-5-9(10)13/h3-7H,2H2,1H3,(H,14,15). The molecule has 0 unspecified atom stereocenters. The summed E-state index contributed by atoms with van der Waals surface area (Å²) in [6.45, 7) is 2.79. The first kappa shape index (κ1) is 11.1. The van der Waals surface area contributed by atoms with Crippen molar-refractivity contribution in [3.63, 3.8) is 0 Å². The Hall–Kier alpha value is -1.36. The number of hydrogen-bond donors (Lipinski definition) is 1. The van der Waals surface area contributed by atoms with E-state index in [0.717, 1.165) is 6.54 Å². The minimum atomic E-state index is -0.306. The van der Waals surface area contributed by atoms with Crippen LogP contribution in [0.5, 0.6) is 0 Å². The molecule has 0 bridgehead atoms. The maximum absolute atomic E-state index is 13.5. The van der Waals surface area contributed by atoms with Gasteiger partial charge in [0.15, 0.2) is 0 Å². The molecule has 1 N–H and O–H groups in total. The van der Waals surface area contributed by atoms with Crippen molar-refractivity contribution in [2.75, 3.05) is 5.32 Å². The van der Waals surface area contributed by atoms with Crippen molar-refractivity contribution in [2.45, 2.75) is 13.5 Å². The van der Waals surface area contributed by atoms with E-state index in [1.165, 1.54) is 6.07 Å². The summed E-state index contributed by atoms with van der Waals surface area (Å²) < 4.78 is 16.1. The van der Waals surface area contributed by atoms with Gasteiger partial charge in [-0.3, -0.25) is 0 Å². The number of halogens is 2. The van der Waals surface area contributed by atoms with Crippen molar-refractivity contribution in [2.24, 2.45) is 0 Å². The van der Waals surface area contributed by atoms with Gasteiger partial charge in [-0.25, -0.2) is 9.37 Å². The van der Waals surface area contributed by atoms with Gasteiger partial charge < -0.3 is 9.88 Å². The van der Waals surface area contributed by atoms with Crippen LogP contribution in [-0.2, 0) is 6.54 Å². The molecule has 0 saturated carbocycles. The quantitative estimate of drug-likeness (QED) is 0.934. The van der Waals surface area contributed by atoms with Gasteiger partial charge in [0.05, 0.1) is 5.69 Å². The second-order valence-corrected chi connectivity index (χ2v) is 4.11. The highest BCUT2D eigenvalue weighted by Crippen LogP contribution is 2.27. The molecule has 0 aliphatic rings. The van der Waals surface area contributed by atoms with Gasteiger partial charge in [-0.2, -0.15) is 0 Å². The number of nitrogens with zero attached hydrogens (tertiary/aromatic N) is 2. The molecule has 1 heterocycles. The zero-order valence-electron chi connectivity index (χ0n) is 8.74. The molecule has 16 heavy (non-hydrogen) atoms. The van der Waals surface area contributed by atoms with E-state index in [0.29, 0.717) is 16.1 Å². The van der Waals surface area contributed by atoms with E-state index in [9.17, 15) is 4.39 Å². The van der Waals surface area contributed by atoms with E-state index in [-0.39, 0.29) is 5.82 Å². The van der Waals surface area contributed by atoms with Crippen molar-refractivity contribution >= 4 is 27.6 Å². The molecule has 0 amide bonds. The van der Waals surface area contributed by atoms with Crippen molar-refractivity contribution in [1.29, 1.82) is 0 Å². The summed E-state index contributed by atoms with van der Waals surface area (Å²) in [5.74, 6) is 0.327. The molecule has 0 aliphatic carbocycles. The first-order valence-electron chi connectivity index (χ1n) is 4.94. The van der Waals surface area contributed by atoms with Gasteiger partial charge >= 0.3 is 0 Å². The predicted molar refractivity (Wildman–Crippen MR) is 65.3 cm³/mol. The number of rotatable bonds is 3. The molecule has 84 valence electrons. The monoisotopic (exact) mass is 283 g/mol. The maximum Gasteiger partial charge on any atom is 0.207 e. The molecule has 1 aromatic carbocycles. The molecular weight excluding hydrogens is 273 g/mol. The van der Waals surface area contributed by atoms with Crippen LogP contribution in [0.15, 0.2) is 35.1 Å². The fourth-order valence-electron chi connectivity index (χ4n) is 1.42. The Bertz CT molecular complexity index is 475. The minimum absolute atomic E-state index is 0.306. The lowest BCUT2D eigenvalue weighted by molar-refractivity contribution is 0.630. The van der Waals surface area contributed by atoms with Gasteiger partial charge in [0.1, 0.15) is 5.82 Å². The zero-order valence-corrected chi connectivity index (χ0v) is 10.3. The molecule has 0 saturated heterocycles. The smallest absolute Gasteiger partial charge is 0.207 e. The SMILES string of the molecule is CCn1ccnc1Nc1c(F)cccc1Br. The summed E-state index contributed by atoms with van der Waals surface area (Å²) in [4.78, 5) is 4.13. The van der Waals surface area contributed by atoms with Crippen LogP contribution >= 0.6 is 15.9 Å². The number of anilines is 2. The maximum atomic E-state index is 13.5. The predicted octanol–water partition coefficient (Wildman–Crippen LogP) is 3.55. The average Bonchev–Trinajstić information content (AvgIpc) is 2.71. The third-order valence-electron chi connectivity index (χ3n) is 2.26. The van der Waals surface area contributed by atoms with Gasteiger partial charge in [0, 0.05) is 23.4 Å². The van der Waals surface area contributed by atoms with E-state index in [1.54, 1.807) is 18.3 Å². The highest BCUT2D eigenvalue weighted by atomic mass is 79.9. The zero-order chi connectivity index (χ0) is 11.5. The Morgan fingerprint density at radius 1 is 1.50 bits per heavy atom. The summed E-state index contributed by atoms with van der Waals surface area (Å²) in [5.41, 5.74) is 0.406. The van der Waals surface area contributed by atoms with Crippen LogP contribution in [0.2, 0.25) is 0 Å². The molecule has 0 fully saturated rings. The highest BCUT2D eigenvalue weighted by molar-refractivity contribution is 9.10. The summed E-state index contributed by atoms with van der Waals surface area (Å²) in [5, 5.41) is 2.97. The molecule has 2 aromatic rings. The van der Waals surface area contributed by atoms with Crippen LogP contribution in [0.1, 0.15) is 6.92 Å². The highest BCUT2D eigenvalue weighted by Gasteiger charge is 2.09. The second kappa shape index (κ2) is 4.65. The Morgan fingerprint density at radius 3 is 3.00 bits per heavy atom. The summed E-state index contributed by atoms with van der Waals surface area (Å²) in [6, 6.07) is 4.84. The molecule has 0 aliphatic heterocycles. The van der Waals surface area contributed by atoms with Crippen LogP contribution < -0.4 is 5.32 Å². The minimum Gasteiger partial charge on any atom is -0.322 e. The fraction of sp³-hybridized carbons (Fsp3) is 0.182. The van der Waals surface area contributed by atoms with E-state index >= 15 is 0 Å². The fourth-order valence-corrected chi connectivity index (χ4v) is 1.86. The van der Waals surface area contributed by atoms with E-state index in [4.69, 9.17) is 0 Å². The Morgan fingerprint density at radius 2 is 2.31 bits per heavy atom. The first-order chi connectivity index (χ1) is 7.72. The lowest BCUT2D eigenvalue weighted by atomic mass is 10.3. The van der Waals surface area contributed by atoms with Crippen molar-refractivity contribution in [1.82, 2.24) is 9.55 Å². The topological polar surface area (TPSA) is 29.9 Å². The second-order valence-electron chi connectivity index (χ2n) is 3.26. The molecule has 1 aromatic heterocycles. The molecular formula is C11H11BrFN3. The normalized spacial score (nSPS) is 10.4. The van der Waals surface area contributed by atoms with E-state index in [2.05, 4.69) is 26.2 Å². The largest absolute Gasteiger partial charge is 0.322 e. The Kier molecular flexibility index (Phi) is 3.24. The van der Waals surface area contributed by atoms with Crippen LogP contribution in [0.25, 0.3) is 0 Å². The van der Waals surface area contributed by atoms with Crippen molar-refractivity contribution in [3.8, 4) is 0 Å². The van der Waals surface area contributed by atoms with Gasteiger partial charge in [-0.1, -0.05) is 6.07 Å². The summed E-state index contributed by atoms with van der Waals surface area (Å²) in [7, 11) is 0. The summed E-state index contributed by atoms with van der Waals surface area (Å²) in [6.07, 6.45) is 3.53. The number of imidazole rings is 1. The molecule has 5 heteroatoms. The van der Waals surface area contributed by atoms with E-state index < -0.39 is 0 Å². The first-order valence-corrected chi connectivity index (χ1v) is 5.74. The third-order valence-corrected chi connectivity index (χ3v) is 2.92. The number of benzene rings is 1. The van der Waals surface area contributed by atoms with Crippen LogP contribution in [-0.4, -0.2) is 9.55 Å². The van der Waals surface area contributed by atoms with Gasteiger partial charge in [-0.05, 0) is 35.0 Å². The summed E-state index contributed by atoms with van der Waals surface area (Å²) >= 11 is 3.30. The van der Waals surface area contributed by atoms with Crippen LogP contribution in [0.3, 0.4) is 0 Å². The van der Waals surface area contributed by atoms with Crippen LogP contribution in [0.4, 0.5) is 16.0 Å². The molecule has 2 rings (SSSR count). The number of nitrogens with one attached hydrogen (secondary N) is 1. The third kappa shape index (κ3) is 2.09. The number of hydrogen-bond acceptors (Lipinski definition) is 2. The van der Waals surface area contributed by atoms with Crippen molar-refractivity contribution < 1.29 is 4.39 Å².